The first-order valence-corrected chi connectivity index (χ1v) is 20.1. The smallest absolute Gasteiger partial charge is 0.220 e. The van der Waals surface area contributed by atoms with Gasteiger partial charge in [0.25, 0.3) is 0 Å². The third-order valence-electron chi connectivity index (χ3n) is 12.3. The van der Waals surface area contributed by atoms with Crippen LogP contribution in [0.5, 0.6) is 0 Å². The summed E-state index contributed by atoms with van der Waals surface area (Å²) in [5, 5.41) is 21.0. The van der Waals surface area contributed by atoms with Gasteiger partial charge in [-0.25, -0.2) is 4.85 Å². The van der Waals surface area contributed by atoms with Crippen molar-refractivity contribution in [3.63, 3.8) is 0 Å². The summed E-state index contributed by atoms with van der Waals surface area (Å²) < 4.78 is 4.64. The van der Waals surface area contributed by atoms with Gasteiger partial charge >= 0.3 is 0 Å². The first kappa shape index (κ1) is 33.7. The van der Waals surface area contributed by atoms with Crippen molar-refractivity contribution in [1.29, 1.82) is 5.26 Å². The lowest BCUT2D eigenvalue weighted by Gasteiger charge is -2.26. The fourth-order valence-electron chi connectivity index (χ4n) is 9.99. The van der Waals surface area contributed by atoms with E-state index >= 15 is 0 Å². The van der Waals surface area contributed by atoms with Crippen molar-refractivity contribution in [3.8, 4) is 50.8 Å². The van der Waals surface area contributed by atoms with Crippen LogP contribution in [-0.2, 0) is 0 Å². The standard InChI is InChI=1S/C56H32N4/c1-58-53-49(36-20-7-3-8-21-36)45(34-57)55(60-46-31-14-13-26-41(46)44-30-15-27-38(54(44)60)35-18-5-2-6-19-35)50(37-22-9-4-10-23-37)56(53)59-47-32-16-28-42-39-24-11-12-25-40(39)43-29-17-33-48(59)52(43)51(42)47/h2-33H. The Balaban J connectivity index is 1.39. The van der Waals surface area contributed by atoms with E-state index in [-0.39, 0.29) is 0 Å². The van der Waals surface area contributed by atoms with Crippen molar-refractivity contribution in [2.75, 3.05) is 0 Å². The molecule has 0 saturated heterocycles. The highest BCUT2D eigenvalue weighted by molar-refractivity contribution is 6.34. The molecule has 12 rings (SSSR count). The average Bonchev–Trinajstić information content (AvgIpc) is 3.84. The van der Waals surface area contributed by atoms with Crippen molar-refractivity contribution >= 4 is 70.8 Å². The topological polar surface area (TPSA) is 38.0 Å². The molecule has 276 valence electrons. The summed E-state index contributed by atoms with van der Waals surface area (Å²) in [6, 6.07) is 70.3. The van der Waals surface area contributed by atoms with E-state index in [9.17, 15) is 11.8 Å². The Morgan fingerprint density at radius 1 is 0.400 bits per heavy atom. The second kappa shape index (κ2) is 13.0. The molecular formula is C56H32N4. The first-order chi connectivity index (χ1) is 29.8. The monoisotopic (exact) mass is 760 g/mol. The molecule has 10 aromatic carbocycles. The Morgan fingerprint density at radius 3 is 1.45 bits per heavy atom. The molecule has 0 fully saturated rings. The normalized spacial score (nSPS) is 11.6. The Hall–Kier alpha value is -8.44. The molecule has 2 aromatic heterocycles. The number of hydrogen-bond donors (Lipinski definition) is 0. The predicted octanol–water partition coefficient (Wildman–Crippen LogP) is 15.0. The number of hydrogen-bond acceptors (Lipinski definition) is 1. The highest BCUT2D eigenvalue weighted by Gasteiger charge is 2.32. The van der Waals surface area contributed by atoms with Crippen molar-refractivity contribution < 1.29 is 0 Å². The lowest BCUT2D eigenvalue weighted by Crippen LogP contribution is -2.09. The average molecular weight is 761 g/mol. The van der Waals surface area contributed by atoms with Crippen LogP contribution < -0.4 is 0 Å². The molecule has 2 heterocycles. The van der Waals surface area contributed by atoms with Gasteiger partial charge in [-0.2, -0.15) is 5.26 Å². The van der Waals surface area contributed by atoms with Crippen LogP contribution in [0.1, 0.15) is 5.56 Å². The van der Waals surface area contributed by atoms with Gasteiger partial charge in [-0.15, -0.1) is 0 Å². The molecule has 0 spiro atoms. The van der Waals surface area contributed by atoms with Crippen LogP contribution in [0.15, 0.2) is 194 Å². The number of nitriles is 1. The fourth-order valence-corrected chi connectivity index (χ4v) is 9.99. The second-order valence-corrected chi connectivity index (χ2v) is 15.3. The van der Waals surface area contributed by atoms with Crippen LogP contribution in [0.3, 0.4) is 0 Å². The van der Waals surface area contributed by atoms with Crippen molar-refractivity contribution in [2.24, 2.45) is 0 Å². The van der Waals surface area contributed by atoms with Gasteiger partial charge in [0.15, 0.2) is 0 Å². The number of fused-ring (bicyclic) bond motifs is 6. The van der Waals surface area contributed by atoms with E-state index in [4.69, 9.17) is 0 Å². The van der Waals surface area contributed by atoms with Gasteiger partial charge in [0, 0.05) is 38.2 Å². The van der Waals surface area contributed by atoms with E-state index in [0.29, 0.717) is 16.8 Å². The van der Waals surface area contributed by atoms with E-state index < -0.39 is 0 Å². The third kappa shape index (κ3) is 4.59. The summed E-state index contributed by atoms with van der Waals surface area (Å²) in [5.74, 6) is 0. The summed E-state index contributed by atoms with van der Waals surface area (Å²) in [6.07, 6.45) is 0. The van der Waals surface area contributed by atoms with Crippen LogP contribution in [0.4, 0.5) is 5.69 Å². The van der Waals surface area contributed by atoms with Crippen LogP contribution in [0.2, 0.25) is 0 Å². The molecule has 4 nitrogen and oxygen atoms in total. The summed E-state index contributed by atoms with van der Waals surface area (Å²) in [6.45, 7) is 9.18. The van der Waals surface area contributed by atoms with Gasteiger partial charge in [-0.05, 0) is 56.4 Å². The Labute approximate surface area is 345 Å². The van der Waals surface area contributed by atoms with E-state index in [1.165, 1.54) is 21.5 Å². The van der Waals surface area contributed by atoms with Crippen molar-refractivity contribution in [2.45, 2.75) is 0 Å². The molecule has 60 heavy (non-hydrogen) atoms. The minimum absolute atomic E-state index is 0.427. The molecular weight excluding hydrogens is 729 g/mol. The molecule has 0 amide bonds. The molecule has 0 bridgehead atoms. The molecule has 0 radical (unpaired) electrons. The highest BCUT2D eigenvalue weighted by atomic mass is 15.0. The van der Waals surface area contributed by atoms with Gasteiger partial charge < -0.3 is 9.13 Å². The van der Waals surface area contributed by atoms with Gasteiger partial charge in [-0.3, -0.25) is 0 Å². The predicted molar refractivity (Wildman–Crippen MR) is 249 cm³/mol. The number of rotatable bonds is 5. The third-order valence-corrected chi connectivity index (χ3v) is 12.3. The summed E-state index contributed by atoms with van der Waals surface area (Å²) >= 11 is 0. The zero-order valence-corrected chi connectivity index (χ0v) is 32.3. The fraction of sp³-hybridized carbons (Fsp3) is 0. The molecule has 0 atom stereocenters. The van der Waals surface area contributed by atoms with Gasteiger partial charge in [0.05, 0.1) is 45.6 Å². The maximum atomic E-state index is 11.8. The summed E-state index contributed by atoms with van der Waals surface area (Å²) in [4.78, 5) is 4.49. The minimum atomic E-state index is 0.427. The zero-order chi connectivity index (χ0) is 39.9. The summed E-state index contributed by atoms with van der Waals surface area (Å²) in [5.41, 5.74) is 11.6. The minimum Gasteiger partial charge on any atom is -0.318 e. The molecule has 0 aliphatic heterocycles. The zero-order valence-electron chi connectivity index (χ0n) is 32.3. The number of aromatic nitrogens is 2. The van der Waals surface area contributed by atoms with Crippen LogP contribution in [0.25, 0.3) is 115 Å². The quantitative estimate of drug-likeness (QED) is 0.127. The van der Waals surface area contributed by atoms with Crippen molar-refractivity contribution in [1.82, 2.24) is 9.13 Å². The molecule has 0 unspecified atom stereocenters. The number of benzene rings is 10. The van der Waals surface area contributed by atoms with Gasteiger partial charge in [-0.1, -0.05) is 176 Å². The molecule has 0 aliphatic carbocycles. The lowest BCUT2D eigenvalue weighted by molar-refractivity contribution is 1.13. The largest absolute Gasteiger partial charge is 0.318 e. The van der Waals surface area contributed by atoms with Crippen molar-refractivity contribution in [3.05, 3.63) is 211 Å². The van der Waals surface area contributed by atoms with E-state index in [2.05, 4.69) is 160 Å². The number of para-hydroxylation sites is 2. The molecule has 0 N–H and O–H groups in total. The van der Waals surface area contributed by atoms with Crippen LogP contribution in [-0.4, -0.2) is 9.13 Å². The molecule has 4 heteroatoms. The van der Waals surface area contributed by atoms with E-state index in [1.807, 2.05) is 54.6 Å². The van der Waals surface area contributed by atoms with Crippen LogP contribution in [0, 0.1) is 17.9 Å². The maximum absolute atomic E-state index is 11.8. The number of nitrogens with zero attached hydrogens (tertiary/aromatic N) is 4. The first-order valence-electron chi connectivity index (χ1n) is 20.1. The van der Waals surface area contributed by atoms with E-state index in [1.54, 1.807) is 0 Å². The van der Waals surface area contributed by atoms with Gasteiger partial charge in [0.1, 0.15) is 6.07 Å². The van der Waals surface area contributed by atoms with Gasteiger partial charge in [0.2, 0.25) is 5.69 Å². The lowest BCUT2D eigenvalue weighted by atomic mass is 9.88. The molecule has 12 aromatic rings. The highest BCUT2D eigenvalue weighted by Crippen LogP contribution is 2.54. The SMILES string of the molecule is [C-]#[N+]c1c(-c2ccccc2)c(C#N)c(-n2c3ccccc3c3cccc(-c4ccccc4)c32)c(-c2ccccc2)c1-n1c2cccc3c4ccccc4c4cccc1c4c32. The maximum Gasteiger partial charge on any atom is 0.220 e. The Bertz CT molecular complexity index is 3680. The summed E-state index contributed by atoms with van der Waals surface area (Å²) in [7, 11) is 0. The second-order valence-electron chi connectivity index (χ2n) is 15.3. The van der Waals surface area contributed by atoms with E-state index in [0.717, 1.165) is 82.8 Å². The Morgan fingerprint density at radius 2 is 0.867 bits per heavy atom. The Kier molecular flexibility index (Phi) is 7.32. The molecule has 0 aliphatic rings. The van der Waals surface area contributed by atoms with Crippen LogP contribution >= 0.6 is 0 Å². The molecule has 0 saturated carbocycles.